The topological polar surface area (TPSA) is 362 Å². The normalized spacial score (nSPS) is 10.4. The standard InChI is InChI=1S/2C16H24O3S.C14H20O3S.C12H14Cl2O2S.C12H16O3S.C10H12O3S.C8H6Cl2O2S/c17-14-9-8-10-15(13-14)20-12-7-5-3-1-2-4-6-11-16(18)19;17-14-9-11-15(12-10-14)20-13-7-5-3-1-2-4-6-8-16(18)19;15-12-7-6-8-13(11-12)18-10-5-3-1-2-4-9-14(16)17;13-9-5-6-10(14)11(8-9)17-7-3-1-2-4-12(15)16;13-10-5-7-11(8-6-10)16-9-3-1-2-4-12(14)15;11-8-3-1-4-9(7-8)14-6-2-5-10(12)13;9-5-1-2-6(10)7(3-5)13-4-8(11)12/h8-10,13,17H,1-7,11-12H2,(H,18,19);9-12,17H,1-8,13H2,(H,18,19);6-8,11,15H,1-5,9-10H2,(H,16,17);5-6,8H,1-4,7H2,(H,15,16);5-8,13H,1-4,9H2,(H,14,15);1,3-4,7,11H,2,5-6H2,(H,12,13);1-3H,4H2,(H,11,12). The van der Waals surface area contributed by atoms with E-state index in [1.165, 1.54) is 56.3 Å². The van der Waals surface area contributed by atoms with Gasteiger partial charge in [-0.25, -0.2) is 0 Å². The molecule has 7 aromatic carbocycles. The Morgan fingerprint density at radius 2 is 0.458 bits per heavy atom. The summed E-state index contributed by atoms with van der Waals surface area (Å²) in [7, 11) is 0. The first-order valence-electron chi connectivity index (χ1n) is 39.4. The molecule has 7 rings (SSSR count). The van der Waals surface area contributed by atoms with E-state index in [2.05, 4.69) is 0 Å². The predicted octanol–water partition coefficient (Wildman–Crippen LogP) is 26.7. The van der Waals surface area contributed by atoms with Crippen molar-refractivity contribution in [2.75, 3.05) is 40.3 Å². The van der Waals surface area contributed by atoms with Crippen molar-refractivity contribution in [2.24, 2.45) is 0 Å². The summed E-state index contributed by atoms with van der Waals surface area (Å²) in [6.07, 6.45) is 28.6. The Kier molecular flexibility index (Phi) is 67.9. The van der Waals surface area contributed by atoms with Crippen molar-refractivity contribution in [1.82, 2.24) is 0 Å². The molecule has 0 radical (unpaired) electrons. The molecular formula is C88H116Cl4O19S7. The molecule has 0 saturated carbocycles. The molecule has 0 aliphatic carbocycles. The number of rotatable bonds is 53. The van der Waals surface area contributed by atoms with E-state index in [-0.39, 0.29) is 42.9 Å². The SMILES string of the molecule is O=C(O)CCCCCCCCCSc1ccc(O)cc1.O=C(O)CCCCCCCCCSc1cccc(O)c1.O=C(O)CCCCCCCSc1cccc(O)c1.O=C(O)CCCCCSc1cc(Cl)ccc1Cl.O=C(O)CCCCCSc1ccc(O)cc1.O=C(O)CCCSc1cccc(O)c1.O=C(O)CSc1cc(Cl)ccc1Cl. The zero-order chi connectivity index (χ0) is 87.2. The number of carboxylic acid groups (broad SMARTS) is 7. The first-order chi connectivity index (χ1) is 56.6. The van der Waals surface area contributed by atoms with E-state index < -0.39 is 41.8 Å². The highest BCUT2D eigenvalue weighted by Crippen LogP contribution is 2.33. The second-order valence-electron chi connectivity index (χ2n) is 26.5. The summed E-state index contributed by atoms with van der Waals surface area (Å²) in [5.41, 5.74) is 0. The van der Waals surface area contributed by atoms with Crippen LogP contribution in [0.2, 0.25) is 20.1 Å². The van der Waals surface area contributed by atoms with Crippen LogP contribution in [0.3, 0.4) is 0 Å². The van der Waals surface area contributed by atoms with Crippen molar-refractivity contribution < 1.29 is 94.8 Å². The molecule has 0 heterocycles. The molecule has 0 atom stereocenters. The van der Waals surface area contributed by atoms with Gasteiger partial charge in [0.1, 0.15) is 28.7 Å². The Labute approximate surface area is 745 Å². The minimum Gasteiger partial charge on any atom is -0.508 e. The lowest BCUT2D eigenvalue weighted by molar-refractivity contribution is -0.138. The highest BCUT2D eigenvalue weighted by molar-refractivity contribution is 8.00. The van der Waals surface area contributed by atoms with Gasteiger partial charge < -0.3 is 61.3 Å². The Morgan fingerprint density at radius 1 is 0.220 bits per heavy atom. The summed E-state index contributed by atoms with van der Waals surface area (Å²) in [5.74, 6) is 2.25. The number of aromatic hydroxyl groups is 5. The van der Waals surface area contributed by atoms with Gasteiger partial charge in [0.15, 0.2) is 0 Å². The highest BCUT2D eigenvalue weighted by Gasteiger charge is 2.09. The molecule has 12 N–H and O–H groups in total. The molecule has 0 aliphatic heterocycles. The zero-order valence-electron chi connectivity index (χ0n) is 66.7. The van der Waals surface area contributed by atoms with Crippen molar-refractivity contribution in [3.63, 3.8) is 0 Å². The van der Waals surface area contributed by atoms with Gasteiger partial charge in [0.05, 0.1) is 15.8 Å². The average Bonchev–Trinajstić information content (AvgIpc) is 0.879. The zero-order valence-corrected chi connectivity index (χ0v) is 75.4. The van der Waals surface area contributed by atoms with E-state index in [9.17, 15) is 48.9 Å². The highest BCUT2D eigenvalue weighted by atomic mass is 35.5. The van der Waals surface area contributed by atoms with E-state index in [0.29, 0.717) is 61.5 Å². The lowest BCUT2D eigenvalue weighted by Gasteiger charge is -2.04. The van der Waals surface area contributed by atoms with Crippen molar-refractivity contribution in [3.05, 3.63) is 178 Å². The van der Waals surface area contributed by atoms with Gasteiger partial charge in [-0.15, -0.1) is 82.3 Å². The number of hydrogen-bond acceptors (Lipinski definition) is 19. The molecule has 0 aliphatic rings. The number of aliphatic carboxylic acids is 7. The minimum atomic E-state index is -0.874. The molecule has 30 heteroatoms. The van der Waals surface area contributed by atoms with Crippen LogP contribution >= 0.6 is 129 Å². The summed E-state index contributed by atoms with van der Waals surface area (Å²) >= 11 is 34.9. The van der Waals surface area contributed by atoms with Crippen molar-refractivity contribution in [3.8, 4) is 28.7 Å². The van der Waals surface area contributed by atoms with Gasteiger partial charge in [-0.2, -0.15) is 0 Å². The summed E-state index contributed by atoms with van der Waals surface area (Å²) < 4.78 is 0. The summed E-state index contributed by atoms with van der Waals surface area (Å²) in [6.45, 7) is 0. The third-order valence-corrected chi connectivity index (χ3v) is 25.0. The first kappa shape index (κ1) is 109. The predicted molar refractivity (Wildman–Crippen MR) is 490 cm³/mol. The first-order valence-corrected chi connectivity index (χ1v) is 47.8. The molecule has 118 heavy (non-hydrogen) atoms. The molecule has 7 aromatic rings. The van der Waals surface area contributed by atoms with Gasteiger partial charge in [-0.1, -0.05) is 161 Å². The molecule has 19 nitrogen and oxygen atoms in total. The second-order valence-corrected chi connectivity index (χ2v) is 36.1. The van der Waals surface area contributed by atoms with E-state index in [1.54, 1.807) is 156 Å². The Hall–Kier alpha value is -6.56. The monoisotopic (exact) mass is 1840 g/mol. The molecule has 0 amide bonds. The van der Waals surface area contributed by atoms with E-state index in [0.717, 1.165) is 180 Å². The maximum Gasteiger partial charge on any atom is 0.313 e. The Bertz CT molecular complexity index is 3870. The maximum atomic E-state index is 10.3. The molecule has 652 valence electrons. The minimum absolute atomic E-state index is 0.0138. The average molecular weight is 1840 g/mol. The second kappa shape index (κ2) is 73.2. The molecule has 0 unspecified atom stereocenters. The van der Waals surface area contributed by atoms with Crippen molar-refractivity contribution >= 4 is 171 Å². The molecule has 0 saturated heterocycles. The fraction of sp³-hybridized carbons (Fsp3) is 0.443. The number of phenols is 5. The largest absolute Gasteiger partial charge is 0.508 e. The van der Waals surface area contributed by atoms with Crippen LogP contribution in [0.25, 0.3) is 0 Å². The number of benzene rings is 7. The van der Waals surface area contributed by atoms with E-state index in [4.69, 9.17) is 92.4 Å². The van der Waals surface area contributed by atoms with Crippen LogP contribution in [0.1, 0.15) is 205 Å². The summed E-state index contributed by atoms with van der Waals surface area (Å²) in [5, 5.41) is 108. The smallest absolute Gasteiger partial charge is 0.313 e. The maximum absolute atomic E-state index is 10.3. The van der Waals surface area contributed by atoms with Crippen molar-refractivity contribution in [2.45, 2.75) is 240 Å². The molecule has 0 fully saturated rings. The van der Waals surface area contributed by atoms with Crippen LogP contribution in [-0.2, 0) is 33.6 Å². The van der Waals surface area contributed by atoms with Crippen LogP contribution in [0.4, 0.5) is 0 Å². The van der Waals surface area contributed by atoms with Crippen LogP contribution in [0.5, 0.6) is 28.7 Å². The fourth-order valence-corrected chi connectivity index (χ4v) is 17.4. The van der Waals surface area contributed by atoms with E-state index >= 15 is 0 Å². The third-order valence-electron chi connectivity index (χ3n) is 16.1. The number of thioether (sulfide) groups is 7. The van der Waals surface area contributed by atoms with Gasteiger partial charge in [-0.05, 0) is 245 Å². The van der Waals surface area contributed by atoms with Crippen LogP contribution < -0.4 is 0 Å². The quantitative estimate of drug-likeness (QED) is 0.0124. The van der Waals surface area contributed by atoms with Crippen molar-refractivity contribution in [1.29, 1.82) is 0 Å². The van der Waals surface area contributed by atoms with Crippen LogP contribution in [0, 0.1) is 0 Å². The Morgan fingerprint density at radius 3 is 0.737 bits per heavy atom. The van der Waals surface area contributed by atoms with Gasteiger partial charge in [0.2, 0.25) is 0 Å². The number of halogens is 4. The Balaban J connectivity index is 0.000000691. The van der Waals surface area contributed by atoms with Crippen LogP contribution in [-0.4, -0.2) is 143 Å². The summed E-state index contributed by atoms with van der Waals surface area (Å²) in [4.78, 5) is 79.2. The number of hydrogen-bond donors (Lipinski definition) is 12. The molecule has 0 spiro atoms. The van der Waals surface area contributed by atoms with Gasteiger partial charge in [0.25, 0.3) is 0 Å². The van der Waals surface area contributed by atoms with Crippen LogP contribution in [0.15, 0.2) is 192 Å². The number of carbonyl (C=O) groups is 7. The lowest BCUT2D eigenvalue weighted by Crippen LogP contribution is -1.97. The molecule has 0 bridgehead atoms. The van der Waals surface area contributed by atoms with Gasteiger partial charge in [0, 0.05) is 82.8 Å². The fourth-order valence-electron chi connectivity index (χ4n) is 10.0. The lowest BCUT2D eigenvalue weighted by atomic mass is 10.1. The van der Waals surface area contributed by atoms with E-state index in [1.807, 2.05) is 72.4 Å². The molecular weight excluding hydrogens is 1730 g/mol. The molecule has 0 aromatic heterocycles. The number of phenolic OH excluding ortho intramolecular Hbond substituents is 5. The summed E-state index contributed by atoms with van der Waals surface area (Å²) in [6, 6.07) is 46.4. The number of unbranched alkanes of at least 4 members (excludes halogenated alkanes) is 20. The van der Waals surface area contributed by atoms with Gasteiger partial charge >= 0.3 is 41.8 Å². The third kappa shape index (κ3) is 69.1. The van der Waals surface area contributed by atoms with Gasteiger partial charge in [-0.3, -0.25) is 33.6 Å². The number of carboxylic acids is 7.